The molecule has 4 rings (SSSR count). The number of carbonyl (C=O) groups excluding carboxylic acids is 5. The lowest BCUT2D eigenvalue weighted by Gasteiger charge is -2.38. The number of para-hydroxylation sites is 1. The summed E-state index contributed by atoms with van der Waals surface area (Å²) < 4.78 is 25.6. The third-order valence-electron chi connectivity index (χ3n) is 8.11. The summed E-state index contributed by atoms with van der Waals surface area (Å²) in [6, 6.07) is 10.7. The molecule has 2 atom stereocenters. The number of hydrogen-bond acceptors (Lipinski definition) is 7. The molecular weight excluding hydrogens is 585 g/mol. The van der Waals surface area contributed by atoms with Crippen molar-refractivity contribution in [2.24, 2.45) is 5.73 Å². The molecule has 0 bridgehead atoms. The van der Waals surface area contributed by atoms with Gasteiger partial charge in [-0.2, -0.15) is 0 Å². The van der Waals surface area contributed by atoms with Crippen LogP contribution in [0.2, 0.25) is 0 Å². The van der Waals surface area contributed by atoms with Crippen molar-refractivity contribution in [1.82, 2.24) is 21.3 Å². The second-order valence-corrected chi connectivity index (χ2v) is 11.3. The molecule has 242 valence electrons. The molecule has 13 heteroatoms. The molecule has 0 spiro atoms. The highest BCUT2D eigenvalue weighted by atomic mass is 19.1. The zero-order valence-electron chi connectivity index (χ0n) is 25.1. The summed E-state index contributed by atoms with van der Waals surface area (Å²) in [6.45, 7) is 1.45. The van der Waals surface area contributed by atoms with Crippen LogP contribution >= 0.6 is 0 Å². The van der Waals surface area contributed by atoms with E-state index in [1.54, 1.807) is 30.3 Å². The smallest absolute Gasteiger partial charge is 0.255 e. The molecule has 12 nitrogen and oxygen atoms in total. The highest BCUT2D eigenvalue weighted by Crippen LogP contribution is 2.34. The third kappa shape index (κ3) is 9.48. The first kappa shape index (κ1) is 33.4. The standard InChI is InChI=1S/C32H40FN5O7/c33-22-6-3-5-21(19-22)32(13-17-44-18-14-32)20-36-31(43)25-10-12-28(40)37-24(9-11-27(34)39)30(42)35-15-4-16-45-26-8-2-1-7-23(26)29(41)38-25/h1-3,5-8,19,24-25H,4,9-18,20H2,(H2,34,39)(H,35,42)(H,36,43)(H,37,40)(H,38,41)/t24?,25-/m0/s1. The predicted molar refractivity (Wildman–Crippen MR) is 162 cm³/mol. The lowest BCUT2D eigenvalue weighted by Crippen LogP contribution is -2.52. The summed E-state index contributed by atoms with van der Waals surface area (Å²) in [4.78, 5) is 64.3. The van der Waals surface area contributed by atoms with E-state index in [1.165, 1.54) is 12.1 Å². The maximum Gasteiger partial charge on any atom is 0.255 e. The van der Waals surface area contributed by atoms with Crippen molar-refractivity contribution < 1.29 is 37.8 Å². The highest BCUT2D eigenvalue weighted by molar-refractivity contribution is 6.00. The Hall–Kier alpha value is -4.52. The van der Waals surface area contributed by atoms with E-state index in [4.69, 9.17) is 15.2 Å². The van der Waals surface area contributed by atoms with Gasteiger partial charge in [-0.15, -0.1) is 0 Å². The van der Waals surface area contributed by atoms with Crippen molar-refractivity contribution in [2.75, 3.05) is 32.9 Å². The maximum absolute atomic E-state index is 14.2. The molecule has 0 radical (unpaired) electrons. The van der Waals surface area contributed by atoms with Crippen molar-refractivity contribution in [2.45, 2.75) is 62.4 Å². The molecular formula is C32H40FN5O7. The molecule has 2 heterocycles. The molecule has 1 saturated heterocycles. The Morgan fingerprint density at radius 3 is 2.56 bits per heavy atom. The summed E-state index contributed by atoms with van der Waals surface area (Å²) >= 11 is 0. The Bertz CT molecular complexity index is 1380. The Morgan fingerprint density at radius 2 is 1.80 bits per heavy atom. The Morgan fingerprint density at radius 1 is 1.02 bits per heavy atom. The number of nitrogens with two attached hydrogens (primary N) is 1. The Kier molecular flexibility index (Phi) is 11.9. The number of fused-ring (bicyclic) bond motifs is 1. The van der Waals surface area contributed by atoms with Crippen LogP contribution in [0.25, 0.3) is 0 Å². The fourth-order valence-electron chi connectivity index (χ4n) is 5.50. The van der Waals surface area contributed by atoms with Gasteiger partial charge in [-0.3, -0.25) is 24.0 Å². The van der Waals surface area contributed by atoms with E-state index in [-0.39, 0.29) is 56.8 Å². The van der Waals surface area contributed by atoms with E-state index in [1.807, 2.05) is 6.07 Å². The van der Waals surface area contributed by atoms with Crippen molar-refractivity contribution in [3.8, 4) is 5.75 Å². The quantitative estimate of drug-likeness (QED) is 0.307. The molecule has 2 aliphatic heterocycles. The summed E-state index contributed by atoms with van der Waals surface area (Å²) in [5.41, 5.74) is 5.62. The lowest BCUT2D eigenvalue weighted by molar-refractivity contribution is -0.130. The average Bonchev–Trinajstić information content (AvgIpc) is 3.03. The van der Waals surface area contributed by atoms with Crippen LogP contribution in [0.15, 0.2) is 48.5 Å². The van der Waals surface area contributed by atoms with E-state index in [0.29, 0.717) is 38.2 Å². The number of halogens is 1. The number of rotatable bonds is 7. The van der Waals surface area contributed by atoms with Gasteiger partial charge in [0.05, 0.1) is 12.2 Å². The van der Waals surface area contributed by atoms with Gasteiger partial charge in [0, 0.05) is 44.6 Å². The molecule has 2 aromatic rings. The van der Waals surface area contributed by atoms with Crippen molar-refractivity contribution >= 4 is 29.5 Å². The van der Waals surface area contributed by atoms with E-state index < -0.39 is 47.0 Å². The van der Waals surface area contributed by atoms with E-state index in [2.05, 4.69) is 21.3 Å². The summed E-state index contributed by atoms with van der Waals surface area (Å²) in [7, 11) is 0. The zero-order valence-corrected chi connectivity index (χ0v) is 25.1. The molecule has 2 aliphatic rings. The molecule has 1 unspecified atom stereocenters. The van der Waals surface area contributed by atoms with Gasteiger partial charge in [0.25, 0.3) is 5.91 Å². The van der Waals surface area contributed by atoms with Crippen LogP contribution in [0.4, 0.5) is 4.39 Å². The molecule has 2 aromatic carbocycles. The van der Waals surface area contributed by atoms with Gasteiger partial charge in [0.15, 0.2) is 0 Å². The van der Waals surface area contributed by atoms with E-state index >= 15 is 0 Å². The lowest BCUT2D eigenvalue weighted by atomic mass is 9.74. The van der Waals surface area contributed by atoms with Gasteiger partial charge in [0.1, 0.15) is 23.7 Å². The van der Waals surface area contributed by atoms with Crippen LogP contribution in [0.3, 0.4) is 0 Å². The van der Waals surface area contributed by atoms with Crippen LogP contribution in [0.5, 0.6) is 5.75 Å². The topological polar surface area (TPSA) is 178 Å². The van der Waals surface area contributed by atoms with Crippen molar-refractivity contribution in [3.05, 3.63) is 65.5 Å². The van der Waals surface area contributed by atoms with Gasteiger partial charge in [0.2, 0.25) is 23.6 Å². The van der Waals surface area contributed by atoms with Crippen LogP contribution in [-0.2, 0) is 29.3 Å². The summed E-state index contributed by atoms with van der Waals surface area (Å²) in [6.07, 6.45) is 1.10. The molecule has 0 saturated carbocycles. The number of nitrogens with one attached hydrogen (secondary N) is 4. The second-order valence-electron chi connectivity index (χ2n) is 11.3. The van der Waals surface area contributed by atoms with Crippen LogP contribution < -0.4 is 31.7 Å². The minimum atomic E-state index is -1.13. The first-order valence-electron chi connectivity index (χ1n) is 15.2. The van der Waals surface area contributed by atoms with Gasteiger partial charge in [-0.1, -0.05) is 24.3 Å². The molecule has 6 N–H and O–H groups in total. The summed E-state index contributed by atoms with van der Waals surface area (Å²) in [5.74, 6) is -2.79. The number of carbonyl (C=O) groups is 5. The normalized spacial score (nSPS) is 21.2. The minimum Gasteiger partial charge on any atom is -0.493 e. The zero-order chi connectivity index (χ0) is 32.2. The van der Waals surface area contributed by atoms with Gasteiger partial charge < -0.3 is 36.5 Å². The van der Waals surface area contributed by atoms with Crippen LogP contribution in [-0.4, -0.2) is 74.5 Å². The summed E-state index contributed by atoms with van der Waals surface area (Å²) in [5, 5.41) is 11.0. The Balaban J connectivity index is 1.55. The van der Waals surface area contributed by atoms with Crippen molar-refractivity contribution in [3.63, 3.8) is 0 Å². The molecule has 5 amide bonds. The number of hydrogen-bond donors (Lipinski definition) is 5. The molecule has 1 fully saturated rings. The van der Waals surface area contributed by atoms with Gasteiger partial charge in [-0.05, 0) is 61.9 Å². The first-order valence-corrected chi connectivity index (χ1v) is 15.2. The monoisotopic (exact) mass is 625 g/mol. The number of primary amides is 1. The average molecular weight is 626 g/mol. The van der Waals surface area contributed by atoms with E-state index in [0.717, 1.165) is 5.56 Å². The maximum atomic E-state index is 14.2. The second kappa shape index (κ2) is 16.0. The fourth-order valence-corrected chi connectivity index (χ4v) is 5.50. The first-order chi connectivity index (χ1) is 21.7. The molecule has 0 aliphatic carbocycles. The molecule has 45 heavy (non-hydrogen) atoms. The number of ether oxygens (including phenoxy) is 2. The SMILES string of the molecule is NC(=O)CCC1NC(=O)CC[C@@H](C(=O)NCC2(c3cccc(F)c3)CCOCC2)NC(=O)c2ccccc2OCCCNC1=O. The minimum absolute atomic E-state index is 0.00328. The predicted octanol–water partition coefficient (Wildman–Crippen LogP) is 1.22. The molecule has 0 aromatic heterocycles. The fraction of sp³-hybridized carbons (Fsp3) is 0.469. The van der Waals surface area contributed by atoms with Gasteiger partial charge in [-0.25, -0.2) is 4.39 Å². The van der Waals surface area contributed by atoms with Crippen LogP contribution in [0, 0.1) is 5.82 Å². The highest BCUT2D eigenvalue weighted by Gasteiger charge is 2.36. The van der Waals surface area contributed by atoms with Crippen LogP contribution in [0.1, 0.15) is 60.9 Å². The third-order valence-corrected chi connectivity index (χ3v) is 8.11. The van der Waals surface area contributed by atoms with E-state index in [9.17, 15) is 28.4 Å². The Labute approximate surface area is 261 Å². The largest absolute Gasteiger partial charge is 0.493 e. The van der Waals surface area contributed by atoms with Gasteiger partial charge >= 0.3 is 0 Å². The van der Waals surface area contributed by atoms with Crippen molar-refractivity contribution in [1.29, 1.82) is 0 Å². The number of benzene rings is 2. The number of amides is 5.